The Morgan fingerprint density at radius 2 is 2.36 bits per heavy atom. The van der Waals surface area contributed by atoms with Crippen LogP contribution >= 0.6 is 0 Å². The number of pyridine rings is 1. The summed E-state index contributed by atoms with van der Waals surface area (Å²) >= 11 is 0. The van der Waals surface area contributed by atoms with Gasteiger partial charge in [-0.25, -0.2) is 4.79 Å². The van der Waals surface area contributed by atoms with Crippen LogP contribution in [0.2, 0.25) is 0 Å². The number of esters is 1. The second-order valence-electron chi connectivity index (χ2n) is 2.98. The number of hydrogen-bond donors (Lipinski definition) is 1. The predicted octanol–water partition coefficient (Wildman–Crippen LogP) is 1.28. The highest BCUT2D eigenvalue weighted by Gasteiger charge is 2.08. The molecule has 4 nitrogen and oxygen atoms in total. The number of hydrogen-bond acceptors (Lipinski definition) is 4. The van der Waals surface area contributed by atoms with Gasteiger partial charge in [0.05, 0.1) is 18.4 Å². The monoisotopic (exact) mass is 194 g/mol. The fraction of sp³-hybridized carbons (Fsp3) is 0.400. The molecule has 0 saturated heterocycles. The molecular weight excluding hydrogens is 180 g/mol. The van der Waals surface area contributed by atoms with E-state index in [0.29, 0.717) is 5.56 Å². The van der Waals surface area contributed by atoms with E-state index >= 15 is 0 Å². The summed E-state index contributed by atoms with van der Waals surface area (Å²) in [7, 11) is 1.34. The number of rotatable bonds is 3. The molecule has 1 atom stereocenters. The van der Waals surface area contributed by atoms with Crippen LogP contribution in [-0.2, 0) is 4.74 Å². The number of aromatic nitrogens is 1. The van der Waals surface area contributed by atoms with Crippen molar-refractivity contribution in [1.82, 2.24) is 4.98 Å². The van der Waals surface area contributed by atoms with Gasteiger partial charge in [-0.15, -0.1) is 0 Å². The molecule has 1 aromatic rings. The Morgan fingerprint density at radius 1 is 1.64 bits per heavy atom. The smallest absolute Gasteiger partial charge is 0.339 e. The molecule has 0 aliphatic carbocycles. The van der Waals surface area contributed by atoms with E-state index in [2.05, 4.69) is 9.72 Å². The average molecular weight is 194 g/mol. The van der Waals surface area contributed by atoms with Gasteiger partial charge in [0, 0.05) is 12.2 Å². The first-order valence-corrected chi connectivity index (χ1v) is 4.49. The zero-order chi connectivity index (χ0) is 10.6. The van der Waals surface area contributed by atoms with Gasteiger partial charge in [-0.1, -0.05) is 6.92 Å². The van der Waals surface area contributed by atoms with Gasteiger partial charge in [0.15, 0.2) is 0 Å². The van der Waals surface area contributed by atoms with Gasteiger partial charge in [-0.3, -0.25) is 4.98 Å². The summed E-state index contributed by atoms with van der Waals surface area (Å²) in [5.41, 5.74) is 7.01. The lowest BCUT2D eigenvalue weighted by Gasteiger charge is -2.07. The van der Waals surface area contributed by atoms with E-state index < -0.39 is 0 Å². The van der Waals surface area contributed by atoms with Crippen LogP contribution in [0.3, 0.4) is 0 Å². The van der Waals surface area contributed by atoms with Gasteiger partial charge in [0.25, 0.3) is 0 Å². The molecule has 4 heteroatoms. The van der Waals surface area contributed by atoms with Crippen molar-refractivity contribution in [2.45, 2.75) is 19.4 Å². The first-order valence-electron chi connectivity index (χ1n) is 4.49. The average Bonchev–Trinajstić information content (AvgIpc) is 2.27. The highest BCUT2D eigenvalue weighted by Crippen LogP contribution is 2.11. The van der Waals surface area contributed by atoms with Crippen molar-refractivity contribution in [3.63, 3.8) is 0 Å². The minimum atomic E-state index is -0.380. The summed E-state index contributed by atoms with van der Waals surface area (Å²) in [6, 6.07) is 3.35. The minimum absolute atomic E-state index is 0.0679. The van der Waals surface area contributed by atoms with E-state index in [1.807, 2.05) is 6.92 Å². The molecule has 0 amide bonds. The van der Waals surface area contributed by atoms with Gasteiger partial charge >= 0.3 is 5.97 Å². The van der Waals surface area contributed by atoms with E-state index in [1.165, 1.54) is 13.3 Å². The summed E-state index contributed by atoms with van der Waals surface area (Å²) in [4.78, 5) is 15.2. The SMILES string of the molecule is CC[C@H](N)c1ccc(C(=O)OC)cn1. The molecule has 0 aliphatic heterocycles. The van der Waals surface area contributed by atoms with Gasteiger partial charge in [0.1, 0.15) is 0 Å². The summed E-state index contributed by atoms with van der Waals surface area (Å²) in [6.45, 7) is 1.99. The fourth-order valence-corrected chi connectivity index (χ4v) is 1.07. The second kappa shape index (κ2) is 4.72. The van der Waals surface area contributed by atoms with E-state index in [4.69, 9.17) is 5.73 Å². The number of nitrogens with two attached hydrogens (primary N) is 1. The normalized spacial score (nSPS) is 12.2. The van der Waals surface area contributed by atoms with Crippen molar-refractivity contribution >= 4 is 5.97 Å². The van der Waals surface area contributed by atoms with Crippen molar-refractivity contribution in [2.24, 2.45) is 5.73 Å². The Kier molecular flexibility index (Phi) is 3.59. The molecular formula is C10H14N2O2. The number of carbonyl (C=O) groups excluding carboxylic acids is 1. The molecule has 2 N–H and O–H groups in total. The maximum Gasteiger partial charge on any atom is 0.339 e. The highest BCUT2D eigenvalue weighted by molar-refractivity contribution is 5.88. The molecule has 0 saturated carbocycles. The van der Waals surface area contributed by atoms with Crippen LogP contribution in [0, 0.1) is 0 Å². The van der Waals surface area contributed by atoms with Crippen LogP contribution in [0.15, 0.2) is 18.3 Å². The molecule has 0 radical (unpaired) electrons. The number of ether oxygens (including phenoxy) is 1. The van der Waals surface area contributed by atoms with Crippen molar-refractivity contribution in [1.29, 1.82) is 0 Å². The van der Waals surface area contributed by atoms with E-state index in [9.17, 15) is 4.79 Å². The number of carbonyl (C=O) groups is 1. The maximum atomic E-state index is 11.1. The molecule has 0 bridgehead atoms. The minimum Gasteiger partial charge on any atom is -0.465 e. The molecule has 76 valence electrons. The Labute approximate surface area is 83.1 Å². The Hall–Kier alpha value is -1.42. The topological polar surface area (TPSA) is 65.2 Å². The lowest BCUT2D eigenvalue weighted by atomic mass is 10.1. The number of methoxy groups -OCH3 is 1. The molecule has 1 aromatic heterocycles. The lowest BCUT2D eigenvalue weighted by molar-refractivity contribution is 0.0600. The molecule has 0 aliphatic rings. The Morgan fingerprint density at radius 3 is 2.79 bits per heavy atom. The predicted molar refractivity (Wildman–Crippen MR) is 52.8 cm³/mol. The molecule has 0 fully saturated rings. The van der Waals surface area contributed by atoms with Gasteiger partial charge in [-0.05, 0) is 18.6 Å². The van der Waals surface area contributed by atoms with E-state index in [0.717, 1.165) is 12.1 Å². The van der Waals surface area contributed by atoms with Crippen LogP contribution in [0.5, 0.6) is 0 Å². The molecule has 0 spiro atoms. The summed E-state index contributed by atoms with van der Waals surface area (Å²) < 4.78 is 4.55. The van der Waals surface area contributed by atoms with Gasteiger partial charge in [0.2, 0.25) is 0 Å². The maximum absolute atomic E-state index is 11.1. The third-order valence-corrected chi connectivity index (χ3v) is 2.03. The summed E-state index contributed by atoms with van der Waals surface area (Å²) in [5.74, 6) is -0.380. The van der Waals surface area contributed by atoms with E-state index in [-0.39, 0.29) is 12.0 Å². The molecule has 1 rings (SSSR count). The molecule has 14 heavy (non-hydrogen) atoms. The van der Waals surface area contributed by atoms with Gasteiger partial charge in [-0.2, -0.15) is 0 Å². The zero-order valence-corrected chi connectivity index (χ0v) is 8.36. The van der Waals surface area contributed by atoms with Crippen LogP contribution in [0.1, 0.15) is 35.4 Å². The first kappa shape index (κ1) is 10.7. The molecule has 0 aromatic carbocycles. The van der Waals surface area contributed by atoms with E-state index in [1.54, 1.807) is 12.1 Å². The van der Waals surface area contributed by atoms with Crippen LogP contribution in [-0.4, -0.2) is 18.1 Å². The van der Waals surface area contributed by atoms with Crippen molar-refractivity contribution in [3.8, 4) is 0 Å². The zero-order valence-electron chi connectivity index (χ0n) is 8.36. The van der Waals surface area contributed by atoms with Gasteiger partial charge < -0.3 is 10.5 Å². The van der Waals surface area contributed by atoms with Crippen LogP contribution in [0.25, 0.3) is 0 Å². The standard InChI is InChI=1S/C10H14N2O2/c1-3-8(11)9-5-4-7(6-12-9)10(13)14-2/h4-6,8H,3,11H2,1-2H3/t8-/m0/s1. The third kappa shape index (κ3) is 2.29. The Bertz CT molecular complexity index is 308. The number of nitrogens with zero attached hydrogens (tertiary/aromatic N) is 1. The third-order valence-electron chi connectivity index (χ3n) is 2.03. The summed E-state index contributed by atoms with van der Waals surface area (Å²) in [5, 5.41) is 0. The fourth-order valence-electron chi connectivity index (χ4n) is 1.07. The molecule has 1 heterocycles. The van der Waals surface area contributed by atoms with Crippen LogP contribution in [0.4, 0.5) is 0 Å². The lowest BCUT2D eigenvalue weighted by Crippen LogP contribution is -2.11. The van der Waals surface area contributed by atoms with Crippen molar-refractivity contribution in [3.05, 3.63) is 29.6 Å². The highest BCUT2D eigenvalue weighted by atomic mass is 16.5. The Balaban J connectivity index is 2.83. The quantitative estimate of drug-likeness (QED) is 0.736. The largest absolute Gasteiger partial charge is 0.465 e. The molecule has 0 unspecified atom stereocenters. The second-order valence-corrected chi connectivity index (χ2v) is 2.98. The first-order chi connectivity index (χ1) is 6.69. The van der Waals surface area contributed by atoms with Crippen molar-refractivity contribution < 1.29 is 9.53 Å². The van der Waals surface area contributed by atoms with Crippen LogP contribution < -0.4 is 5.73 Å². The van der Waals surface area contributed by atoms with Crippen molar-refractivity contribution in [2.75, 3.05) is 7.11 Å². The summed E-state index contributed by atoms with van der Waals surface area (Å²) in [6.07, 6.45) is 2.31.